The van der Waals surface area contributed by atoms with Crippen molar-refractivity contribution in [3.63, 3.8) is 0 Å². The van der Waals surface area contributed by atoms with E-state index in [0.717, 1.165) is 22.5 Å². The summed E-state index contributed by atoms with van der Waals surface area (Å²) in [5, 5.41) is 2.94. The molecule has 0 bridgehead atoms. The van der Waals surface area contributed by atoms with Gasteiger partial charge in [-0.3, -0.25) is 9.59 Å². The third-order valence-electron chi connectivity index (χ3n) is 4.64. The fourth-order valence-electron chi connectivity index (χ4n) is 3.07. The van der Waals surface area contributed by atoms with Crippen LogP contribution in [0, 0.1) is 13.8 Å². The van der Waals surface area contributed by atoms with Crippen LogP contribution in [0.3, 0.4) is 0 Å². The van der Waals surface area contributed by atoms with Gasteiger partial charge >= 0.3 is 0 Å². The van der Waals surface area contributed by atoms with Crippen molar-refractivity contribution in [3.05, 3.63) is 95.1 Å². The number of amides is 2. The van der Waals surface area contributed by atoms with Crippen LogP contribution in [0.15, 0.2) is 72.8 Å². The van der Waals surface area contributed by atoms with Crippen LogP contribution >= 0.6 is 0 Å². The second-order valence-electron chi connectivity index (χ2n) is 6.74. The average Bonchev–Trinajstić information content (AvgIpc) is 2.72. The average molecular weight is 372 g/mol. The summed E-state index contributed by atoms with van der Waals surface area (Å²) in [5.74, 6) is -0.360. The molecule has 3 aromatic carbocycles. The number of carbonyl (C=O) groups excluding carboxylic acids is 2. The van der Waals surface area contributed by atoms with Gasteiger partial charge in [-0.2, -0.15) is 0 Å². The Kier molecular flexibility index (Phi) is 5.90. The Balaban J connectivity index is 1.84. The van der Waals surface area contributed by atoms with Crippen LogP contribution in [0.1, 0.15) is 38.8 Å². The predicted octanol–water partition coefficient (Wildman–Crippen LogP) is 5.22. The first kappa shape index (κ1) is 19.4. The van der Waals surface area contributed by atoms with Crippen LogP contribution in [0.4, 0.5) is 11.4 Å². The van der Waals surface area contributed by atoms with Gasteiger partial charge in [0.25, 0.3) is 11.8 Å². The van der Waals surface area contributed by atoms with Crippen molar-refractivity contribution in [3.8, 4) is 0 Å². The molecule has 0 heterocycles. The van der Waals surface area contributed by atoms with E-state index >= 15 is 0 Å². The number of anilines is 2. The molecule has 0 saturated carbocycles. The summed E-state index contributed by atoms with van der Waals surface area (Å²) in [6, 6.07) is 22.3. The molecule has 0 aliphatic rings. The van der Waals surface area contributed by atoms with Crippen LogP contribution in [0.25, 0.3) is 0 Å². The van der Waals surface area contributed by atoms with Crippen molar-refractivity contribution < 1.29 is 9.59 Å². The second kappa shape index (κ2) is 8.53. The molecule has 0 unspecified atom stereocenters. The summed E-state index contributed by atoms with van der Waals surface area (Å²) < 4.78 is 0. The van der Waals surface area contributed by atoms with E-state index in [1.54, 1.807) is 29.2 Å². The Labute approximate surface area is 165 Å². The summed E-state index contributed by atoms with van der Waals surface area (Å²) in [7, 11) is 0. The number of carbonyl (C=O) groups is 2. The van der Waals surface area contributed by atoms with E-state index in [4.69, 9.17) is 0 Å². The maximum atomic E-state index is 13.0. The zero-order chi connectivity index (χ0) is 20.1. The molecule has 28 heavy (non-hydrogen) atoms. The predicted molar refractivity (Wildman–Crippen MR) is 114 cm³/mol. The maximum absolute atomic E-state index is 13.0. The van der Waals surface area contributed by atoms with Gasteiger partial charge in [-0.05, 0) is 68.3 Å². The highest BCUT2D eigenvalue weighted by atomic mass is 16.2. The van der Waals surface area contributed by atoms with Gasteiger partial charge in [-0.25, -0.2) is 0 Å². The third-order valence-corrected chi connectivity index (χ3v) is 4.64. The number of hydrogen-bond donors (Lipinski definition) is 1. The first-order chi connectivity index (χ1) is 13.5. The van der Waals surface area contributed by atoms with Crippen molar-refractivity contribution in [2.24, 2.45) is 0 Å². The Morgan fingerprint density at radius 3 is 2.29 bits per heavy atom. The normalized spacial score (nSPS) is 10.4. The molecule has 0 radical (unpaired) electrons. The van der Waals surface area contributed by atoms with E-state index < -0.39 is 0 Å². The summed E-state index contributed by atoms with van der Waals surface area (Å²) in [4.78, 5) is 27.4. The smallest absolute Gasteiger partial charge is 0.258 e. The topological polar surface area (TPSA) is 49.4 Å². The monoisotopic (exact) mass is 372 g/mol. The molecule has 0 spiro atoms. The second-order valence-corrected chi connectivity index (χ2v) is 6.74. The van der Waals surface area contributed by atoms with E-state index in [1.165, 1.54) is 0 Å². The minimum Gasteiger partial charge on any atom is -0.322 e. The van der Waals surface area contributed by atoms with E-state index in [1.807, 2.05) is 69.3 Å². The molecular weight excluding hydrogens is 348 g/mol. The zero-order valence-electron chi connectivity index (χ0n) is 16.4. The fourth-order valence-corrected chi connectivity index (χ4v) is 3.07. The summed E-state index contributed by atoms with van der Waals surface area (Å²) in [5.41, 5.74) is 4.62. The summed E-state index contributed by atoms with van der Waals surface area (Å²) >= 11 is 0. The number of nitrogens with zero attached hydrogens (tertiary/aromatic N) is 1. The first-order valence-electron chi connectivity index (χ1n) is 9.35. The zero-order valence-corrected chi connectivity index (χ0v) is 16.4. The van der Waals surface area contributed by atoms with Crippen molar-refractivity contribution in [1.29, 1.82) is 0 Å². The van der Waals surface area contributed by atoms with Gasteiger partial charge < -0.3 is 10.2 Å². The Morgan fingerprint density at radius 2 is 1.57 bits per heavy atom. The SMILES string of the molecule is CCN(C(=O)c1cccc(C(=O)Nc2cc(C)ccc2C)c1)c1ccccc1. The number of aryl methyl sites for hydroxylation is 2. The number of nitrogens with one attached hydrogen (secondary N) is 1. The molecule has 0 aliphatic carbocycles. The molecule has 1 N–H and O–H groups in total. The van der Waals surface area contributed by atoms with Crippen LogP contribution < -0.4 is 10.2 Å². The van der Waals surface area contributed by atoms with E-state index in [2.05, 4.69) is 5.32 Å². The molecule has 3 aromatic rings. The number of benzene rings is 3. The lowest BCUT2D eigenvalue weighted by Gasteiger charge is -2.21. The third kappa shape index (κ3) is 4.29. The van der Waals surface area contributed by atoms with Crippen molar-refractivity contribution in [2.75, 3.05) is 16.8 Å². The molecule has 3 rings (SSSR count). The molecule has 0 atom stereocenters. The molecule has 0 aliphatic heterocycles. The van der Waals surface area contributed by atoms with Crippen LogP contribution in [0.5, 0.6) is 0 Å². The molecule has 2 amide bonds. The quantitative estimate of drug-likeness (QED) is 0.667. The molecule has 4 nitrogen and oxygen atoms in total. The van der Waals surface area contributed by atoms with Crippen LogP contribution in [-0.4, -0.2) is 18.4 Å². The Morgan fingerprint density at radius 1 is 0.857 bits per heavy atom. The lowest BCUT2D eigenvalue weighted by molar-refractivity contribution is 0.0988. The summed E-state index contributed by atoms with van der Waals surface area (Å²) in [6.07, 6.45) is 0. The largest absolute Gasteiger partial charge is 0.322 e. The van der Waals surface area contributed by atoms with E-state index in [-0.39, 0.29) is 11.8 Å². The maximum Gasteiger partial charge on any atom is 0.258 e. The van der Waals surface area contributed by atoms with Crippen molar-refractivity contribution in [1.82, 2.24) is 0 Å². The molecule has 0 aromatic heterocycles. The molecule has 0 fully saturated rings. The fraction of sp³-hybridized carbons (Fsp3) is 0.167. The van der Waals surface area contributed by atoms with E-state index in [0.29, 0.717) is 17.7 Å². The first-order valence-corrected chi connectivity index (χ1v) is 9.35. The van der Waals surface area contributed by atoms with Crippen molar-refractivity contribution >= 4 is 23.2 Å². The highest BCUT2D eigenvalue weighted by Crippen LogP contribution is 2.20. The van der Waals surface area contributed by atoms with Gasteiger partial charge in [0.05, 0.1) is 0 Å². The highest BCUT2D eigenvalue weighted by Gasteiger charge is 2.17. The molecular formula is C24H24N2O2. The Bertz CT molecular complexity index is 996. The minimum absolute atomic E-state index is 0.130. The van der Waals surface area contributed by atoms with Gasteiger partial charge in [0.2, 0.25) is 0 Å². The number of para-hydroxylation sites is 1. The van der Waals surface area contributed by atoms with Gasteiger partial charge in [-0.1, -0.05) is 36.4 Å². The standard InChI is InChI=1S/C24H24N2O2/c1-4-26(21-11-6-5-7-12-21)24(28)20-10-8-9-19(16-20)23(27)25-22-15-17(2)13-14-18(22)3/h5-16H,4H2,1-3H3,(H,25,27). The number of hydrogen-bond acceptors (Lipinski definition) is 2. The number of rotatable bonds is 5. The van der Waals surface area contributed by atoms with Gasteiger partial charge in [0.1, 0.15) is 0 Å². The van der Waals surface area contributed by atoms with Gasteiger partial charge in [0.15, 0.2) is 0 Å². The summed E-state index contributed by atoms with van der Waals surface area (Å²) in [6.45, 7) is 6.41. The minimum atomic E-state index is -0.230. The van der Waals surface area contributed by atoms with E-state index in [9.17, 15) is 9.59 Å². The van der Waals surface area contributed by atoms with Crippen LogP contribution in [-0.2, 0) is 0 Å². The lowest BCUT2D eigenvalue weighted by atomic mass is 10.1. The van der Waals surface area contributed by atoms with Crippen LogP contribution in [0.2, 0.25) is 0 Å². The highest BCUT2D eigenvalue weighted by molar-refractivity contribution is 6.09. The molecule has 142 valence electrons. The van der Waals surface area contributed by atoms with Gasteiger partial charge in [-0.15, -0.1) is 0 Å². The Hall–Kier alpha value is -3.40. The molecule has 4 heteroatoms. The van der Waals surface area contributed by atoms with Crippen molar-refractivity contribution in [2.45, 2.75) is 20.8 Å². The molecule has 0 saturated heterocycles. The lowest BCUT2D eigenvalue weighted by Crippen LogP contribution is -2.30. The van der Waals surface area contributed by atoms with Gasteiger partial charge in [0, 0.05) is 29.0 Å².